The van der Waals surface area contributed by atoms with Crippen LogP contribution in [0, 0.1) is 0 Å². The number of methoxy groups -OCH3 is 4. The molecule has 0 aliphatic heterocycles. The van der Waals surface area contributed by atoms with Crippen molar-refractivity contribution in [1.29, 1.82) is 0 Å². The molecule has 4 atom stereocenters. The third-order valence-electron chi connectivity index (χ3n) is 11.3. The minimum absolute atomic E-state index is 0.0926. The number of rotatable bonds is 15. The summed E-state index contributed by atoms with van der Waals surface area (Å²) in [5, 5.41) is 35.4. The predicted molar refractivity (Wildman–Crippen MR) is 220 cm³/mol. The predicted octanol–water partition coefficient (Wildman–Crippen LogP) is 11.7. The van der Waals surface area contributed by atoms with Gasteiger partial charge in [0.15, 0.2) is 0 Å². The number of hydrogen-bond acceptors (Lipinski definition) is 8. The first-order valence-electron chi connectivity index (χ1n) is 20.2. The molecule has 3 N–H and O–H groups in total. The smallest absolute Gasteiger partial charge is 0.126 e. The van der Waals surface area contributed by atoms with Gasteiger partial charge in [-0.2, -0.15) is 0 Å². The van der Waals surface area contributed by atoms with E-state index in [4.69, 9.17) is 23.7 Å². The summed E-state index contributed by atoms with van der Waals surface area (Å²) >= 11 is 0. The molecule has 8 bridgehead atoms. The van der Waals surface area contributed by atoms with E-state index in [1.54, 1.807) is 46.6 Å². The zero-order valence-corrected chi connectivity index (χ0v) is 34.4. The minimum atomic E-state index is -0.354. The normalized spacial score (nSPS) is 17.8. The number of phenols is 3. The first-order valence-corrected chi connectivity index (χ1v) is 20.2. The van der Waals surface area contributed by atoms with Crippen molar-refractivity contribution in [3.05, 3.63) is 93.0 Å². The van der Waals surface area contributed by atoms with Gasteiger partial charge in [0, 0.05) is 92.4 Å². The second-order valence-corrected chi connectivity index (χ2v) is 14.8. The Morgan fingerprint density at radius 2 is 0.636 bits per heavy atom. The van der Waals surface area contributed by atoms with Crippen LogP contribution < -0.4 is 23.7 Å². The average molecular weight is 755 g/mol. The summed E-state index contributed by atoms with van der Waals surface area (Å²) in [6.45, 7) is 11.2. The summed E-state index contributed by atoms with van der Waals surface area (Å²) in [5.74, 6) is 2.57. The molecule has 8 heteroatoms. The highest BCUT2D eigenvalue weighted by atomic mass is 16.5. The number of phenolic OH excluding ortho intramolecular Hbond substituents is 3. The molecule has 1 aliphatic carbocycles. The van der Waals surface area contributed by atoms with Crippen LogP contribution in [-0.2, 0) is 0 Å². The molecule has 0 unspecified atom stereocenters. The minimum Gasteiger partial charge on any atom is -0.508 e. The molecule has 0 fully saturated rings. The fourth-order valence-corrected chi connectivity index (χ4v) is 8.72. The monoisotopic (exact) mass is 754 g/mol. The lowest BCUT2D eigenvalue weighted by Gasteiger charge is -2.30. The zero-order chi connectivity index (χ0) is 39.8. The van der Waals surface area contributed by atoms with Crippen molar-refractivity contribution in [2.75, 3.05) is 35.0 Å². The lowest BCUT2D eigenvalue weighted by Crippen LogP contribution is -2.14. The highest BCUT2D eigenvalue weighted by molar-refractivity contribution is 5.62. The standard InChI is InChI=1S/C47H62O8/c1-10-15-28-32-20-35(43(51-6)24-40(32)48)29(16-11-2)34-22-36(44(52-7)26-42(34)50)30(17-12-3)38-23-39(47(55-19-14-5)27-46(38)54-9)31(18-13-4)37-21-33(28)41(49)25-45(37)53-8/h20-31,48-50H,10-19H2,1-9H3/t28-,29-,30-,31+/m1/s1. The van der Waals surface area contributed by atoms with Crippen LogP contribution in [-0.4, -0.2) is 50.4 Å². The summed E-state index contributed by atoms with van der Waals surface area (Å²) in [7, 11) is 6.61. The third-order valence-corrected chi connectivity index (χ3v) is 11.3. The van der Waals surface area contributed by atoms with Crippen molar-refractivity contribution >= 4 is 0 Å². The lowest BCUT2D eigenvalue weighted by atomic mass is 9.76. The molecule has 8 nitrogen and oxygen atoms in total. The molecule has 55 heavy (non-hydrogen) atoms. The van der Waals surface area contributed by atoms with Gasteiger partial charge in [-0.25, -0.2) is 0 Å². The first kappa shape index (κ1) is 41.4. The van der Waals surface area contributed by atoms with Gasteiger partial charge in [-0.3, -0.25) is 0 Å². The van der Waals surface area contributed by atoms with Gasteiger partial charge in [0.2, 0.25) is 0 Å². The Morgan fingerprint density at radius 1 is 0.364 bits per heavy atom. The molecule has 0 aromatic heterocycles. The van der Waals surface area contributed by atoms with Crippen molar-refractivity contribution in [1.82, 2.24) is 0 Å². The van der Waals surface area contributed by atoms with Crippen molar-refractivity contribution in [3.63, 3.8) is 0 Å². The SMILES string of the molecule is CCCOc1cc(OC)c2cc1[C@@H](CCC)c1cc(c(O)cc1OC)[C@H](CCC)c1cc(c(OC)cc1O)[C@H](CCC)c1cc(c(OC)cc1O)[C@H]2CCC. The molecule has 0 spiro atoms. The molecule has 5 rings (SSSR count). The zero-order valence-electron chi connectivity index (χ0n) is 34.4. The Balaban J connectivity index is 2.03. The van der Waals surface area contributed by atoms with Crippen LogP contribution >= 0.6 is 0 Å². The maximum atomic E-state index is 11.8. The van der Waals surface area contributed by atoms with E-state index < -0.39 is 0 Å². The summed E-state index contributed by atoms with van der Waals surface area (Å²) in [6.07, 6.45) is 7.21. The quantitative estimate of drug-likeness (QED) is 0.110. The second kappa shape index (κ2) is 18.7. The van der Waals surface area contributed by atoms with Crippen LogP contribution in [0.4, 0.5) is 0 Å². The van der Waals surface area contributed by atoms with Crippen LogP contribution in [0.3, 0.4) is 0 Å². The molecule has 4 aromatic carbocycles. The number of ether oxygens (including phenoxy) is 5. The fraction of sp³-hybridized carbons (Fsp3) is 0.489. The van der Waals surface area contributed by atoms with Crippen molar-refractivity contribution in [3.8, 4) is 46.0 Å². The maximum Gasteiger partial charge on any atom is 0.126 e. The average Bonchev–Trinajstić information content (AvgIpc) is 3.19. The fourth-order valence-electron chi connectivity index (χ4n) is 8.72. The van der Waals surface area contributed by atoms with Gasteiger partial charge in [-0.15, -0.1) is 0 Å². The molecule has 1 aliphatic rings. The van der Waals surface area contributed by atoms with E-state index in [0.29, 0.717) is 47.8 Å². The first-order chi connectivity index (χ1) is 26.6. The Kier molecular flexibility index (Phi) is 14.1. The number of aromatic hydroxyl groups is 3. The van der Waals surface area contributed by atoms with Crippen molar-refractivity contribution in [2.45, 2.75) is 116 Å². The molecular weight excluding hydrogens is 693 g/mol. The summed E-state index contributed by atoms with van der Waals surface area (Å²) in [6, 6.07) is 15.7. The van der Waals surface area contributed by atoms with Gasteiger partial charge in [0.05, 0.1) is 35.0 Å². The van der Waals surface area contributed by atoms with Gasteiger partial charge in [0.1, 0.15) is 46.0 Å². The largest absolute Gasteiger partial charge is 0.508 e. The van der Waals surface area contributed by atoms with E-state index >= 15 is 0 Å². The van der Waals surface area contributed by atoms with Gasteiger partial charge in [0.25, 0.3) is 0 Å². The molecule has 298 valence electrons. The van der Waals surface area contributed by atoms with Crippen molar-refractivity contribution < 1.29 is 39.0 Å². The Labute approximate surface area is 328 Å². The van der Waals surface area contributed by atoms with Gasteiger partial charge < -0.3 is 39.0 Å². The molecule has 0 amide bonds. The maximum absolute atomic E-state index is 11.8. The summed E-state index contributed by atoms with van der Waals surface area (Å²) in [4.78, 5) is 0. The lowest BCUT2D eigenvalue weighted by molar-refractivity contribution is 0.308. The van der Waals surface area contributed by atoms with Gasteiger partial charge >= 0.3 is 0 Å². The van der Waals surface area contributed by atoms with E-state index in [9.17, 15) is 15.3 Å². The van der Waals surface area contributed by atoms with Crippen LogP contribution in [0.25, 0.3) is 0 Å². The third kappa shape index (κ3) is 8.29. The van der Waals surface area contributed by atoms with E-state index in [2.05, 4.69) is 52.8 Å². The Bertz CT molecular complexity index is 1920. The molecule has 0 saturated heterocycles. The second-order valence-electron chi connectivity index (χ2n) is 14.8. The van der Waals surface area contributed by atoms with Crippen LogP contribution in [0.2, 0.25) is 0 Å². The molecule has 0 radical (unpaired) electrons. The topological polar surface area (TPSA) is 107 Å². The highest BCUT2D eigenvalue weighted by Crippen LogP contribution is 2.52. The van der Waals surface area contributed by atoms with E-state index in [1.807, 2.05) is 12.1 Å². The van der Waals surface area contributed by atoms with Gasteiger partial charge in [-0.05, 0) is 56.4 Å². The van der Waals surface area contributed by atoms with E-state index in [-0.39, 0.29) is 40.9 Å². The Morgan fingerprint density at radius 3 is 0.945 bits per heavy atom. The number of benzene rings is 4. The molecule has 0 saturated carbocycles. The number of fused-ring (bicyclic) bond motifs is 8. The van der Waals surface area contributed by atoms with E-state index in [1.165, 1.54) is 0 Å². The van der Waals surface area contributed by atoms with Crippen LogP contribution in [0.15, 0.2) is 48.5 Å². The van der Waals surface area contributed by atoms with Crippen LogP contribution in [0.1, 0.15) is 161 Å². The summed E-state index contributed by atoms with van der Waals surface area (Å²) < 4.78 is 30.8. The Hall–Kier alpha value is -4.72. The summed E-state index contributed by atoms with van der Waals surface area (Å²) in [5.41, 5.74) is 6.94. The number of hydrogen-bond donors (Lipinski definition) is 3. The van der Waals surface area contributed by atoms with Crippen molar-refractivity contribution in [2.24, 2.45) is 0 Å². The molecular formula is C47H62O8. The van der Waals surface area contributed by atoms with Gasteiger partial charge in [-0.1, -0.05) is 60.3 Å². The van der Waals surface area contributed by atoms with Crippen LogP contribution in [0.5, 0.6) is 46.0 Å². The highest BCUT2D eigenvalue weighted by Gasteiger charge is 2.33. The van der Waals surface area contributed by atoms with E-state index in [0.717, 1.165) is 89.8 Å². The molecule has 4 aromatic rings. The molecule has 0 heterocycles.